The number of anilines is 1. The van der Waals surface area contributed by atoms with Crippen molar-refractivity contribution < 1.29 is 18.0 Å². The van der Waals surface area contributed by atoms with Crippen molar-refractivity contribution in [3.05, 3.63) is 28.8 Å². The third-order valence-corrected chi connectivity index (χ3v) is 3.76. The first-order valence-electron chi connectivity index (χ1n) is 6.76. The fourth-order valence-corrected chi connectivity index (χ4v) is 2.45. The quantitative estimate of drug-likeness (QED) is 0.919. The molecule has 0 aromatic heterocycles. The lowest BCUT2D eigenvalue weighted by Crippen LogP contribution is -2.39. The number of rotatable bonds is 3. The Balaban J connectivity index is 2.00. The van der Waals surface area contributed by atoms with E-state index >= 15 is 0 Å². The topological polar surface area (TPSA) is 32.3 Å². The van der Waals surface area contributed by atoms with E-state index in [1.165, 1.54) is 6.07 Å². The summed E-state index contributed by atoms with van der Waals surface area (Å²) < 4.78 is 37.9. The molecule has 1 aliphatic heterocycles. The van der Waals surface area contributed by atoms with E-state index in [-0.39, 0.29) is 23.2 Å². The van der Waals surface area contributed by atoms with Crippen LogP contribution in [0.15, 0.2) is 18.2 Å². The number of carbonyl (C=O) groups is 1. The molecule has 0 aliphatic carbocycles. The molecule has 1 fully saturated rings. The van der Waals surface area contributed by atoms with Crippen LogP contribution in [-0.2, 0) is 11.0 Å². The van der Waals surface area contributed by atoms with E-state index in [1.54, 1.807) is 4.90 Å². The molecule has 1 aromatic rings. The lowest BCUT2D eigenvalue weighted by molar-refractivity contribution is -0.137. The maximum atomic E-state index is 12.6. The lowest BCUT2D eigenvalue weighted by Gasteiger charge is -2.27. The normalized spacial score (nSPS) is 15.9. The van der Waals surface area contributed by atoms with Crippen LogP contribution in [0.3, 0.4) is 0 Å². The maximum absolute atomic E-state index is 12.6. The summed E-state index contributed by atoms with van der Waals surface area (Å²) in [6.07, 6.45) is -1.39. The van der Waals surface area contributed by atoms with E-state index in [9.17, 15) is 18.0 Å². The van der Waals surface area contributed by atoms with Gasteiger partial charge in [-0.25, -0.2) is 0 Å². The van der Waals surface area contributed by atoms with Crippen molar-refractivity contribution in [2.45, 2.75) is 25.4 Å². The number of alkyl halides is 3. The largest absolute Gasteiger partial charge is 0.416 e. The summed E-state index contributed by atoms with van der Waals surface area (Å²) in [4.78, 5) is 13.7. The highest BCUT2D eigenvalue weighted by Gasteiger charge is 2.31. The van der Waals surface area contributed by atoms with E-state index in [4.69, 9.17) is 11.6 Å². The van der Waals surface area contributed by atoms with Crippen LogP contribution >= 0.6 is 11.6 Å². The summed E-state index contributed by atoms with van der Waals surface area (Å²) in [5, 5.41) is 2.86. The molecule has 1 aliphatic rings. The first kappa shape index (κ1) is 15.9. The molecule has 2 rings (SSSR count). The fraction of sp³-hybridized carbons (Fsp3) is 0.500. The molecule has 7 heteroatoms. The van der Waals surface area contributed by atoms with E-state index in [0.29, 0.717) is 13.1 Å². The number of hydrogen-bond acceptors (Lipinski definition) is 2. The minimum atomic E-state index is -4.43. The molecule has 1 saturated heterocycles. The lowest BCUT2D eigenvalue weighted by atomic mass is 10.1. The standard InChI is InChI=1S/C14H16ClF3N2O/c15-11-5-4-10(14(16,17)18)8-12(11)19-9-13(21)20-6-2-1-3-7-20/h4-5,8,19H,1-3,6-7,9H2. The Morgan fingerprint density at radius 3 is 2.52 bits per heavy atom. The van der Waals surface area contributed by atoms with Gasteiger partial charge in [-0.1, -0.05) is 11.6 Å². The van der Waals surface area contributed by atoms with Gasteiger partial charge in [-0.15, -0.1) is 0 Å². The zero-order valence-electron chi connectivity index (χ0n) is 11.3. The Bertz CT molecular complexity index is 513. The minimum absolute atomic E-state index is 0.0545. The Kier molecular flexibility index (Phi) is 4.98. The third-order valence-electron chi connectivity index (χ3n) is 3.43. The van der Waals surface area contributed by atoms with E-state index in [0.717, 1.165) is 31.4 Å². The molecule has 1 aromatic carbocycles. The Hall–Kier alpha value is -1.43. The summed E-state index contributed by atoms with van der Waals surface area (Å²) in [7, 11) is 0. The Labute approximate surface area is 126 Å². The van der Waals surface area contributed by atoms with E-state index in [2.05, 4.69) is 5.32 Å². The van der Waals surface area contributed by atoms with Crippen LogP contribution in [0.1, 0.15) is 24.8 Å². The molecule has 1 amide bonds. The summed E-state index contributed by atoms with van der Waals surface area (Å²) in [5.74, 6) is -0.122. The van der Waals surface area contributed by atoms with Crippen molar-refractivity contribution in [1.29, 1.82) is 0 Å². The van der Waals surface area contributed by atoms with Gasteiger partial charge < -0.3 is 10.2 Å². The second kappa shape index (κ2) is 6.56. The monoisotopic (exact) mass is 320 g/mol. The molecule has 21 heavy (non-hydrogen) atoms. The molecule has 3 nitrogen and oxygen atoms in total. The smallest absolute Gasteiger partial charge is 0.375 e. The molecular formula is C14H16ClF3N2O. The number of likely N-dealkylation sites (tertiary alicyclic amines) is 1. The van der Waals surface area contributed by atoms with Gasteiger partial charge in [-0.3, -0.25) is 4.79 Å². The van der Waals surface area contributed by atoms with Crippen LogP contribution in [0.4, 0.5) is 18.9 Å². The van der Waals surface area contributed by atoms with Gasteiger partial charge in [0.2, 0.25) is 5.91 Å². The summed E-state index contributed by atoms with van der Waals surface area (Å²) in [6, 6.07) is 3.02. The van der Waals surface area contributed by atoms with Gasteiger partial charge in [0, 0.05) is 13.1 Å². The van der Waals surface area contributed by atoms with Crippen LogP contribution in [-0.4, -0.2) is 30.4 Å². The third kappa shape index (κ3) is 4.27. The number of piperidine rings is 1. The predicted molar refractivity (Wildman–Crippen MR) is 75.4 cm³/mol. The van der Waals surface area contributed by atoms with Gasteiger partial charge >= 0.3 is 6.18 Å². The second-order valence-corrected chi connectivity index (χ2v) is 5.39. The number of nitrogens with zero attached hydrogens (tertiary/aromatic N) is 1. The number of benzene rings is 1. The van der Waals surface area contributed by atoms with E-state index < -0.39 is 11.7 Å². The van der Waals surface area contributed by atoms with Gasteiger partial charge in [-0.2, -0.15) is 13.2 Å². The zero-order chi connectivity index (χ0) is 15.5. The van der Waals surface area contributed by atoms with Gasteiger partial charge in [0.1, 0.15) is 0 Å². The zero-order valence-corrected chi connectivity index (χ0v) is 12.1. The molecule has 1 N–H and O–H groups in total. The van der Waals surface area contributed by atoms with E-state index in [1.807, 2.05) is 0 Å². The van der Waals surface area contributed by atoms with Crippen LogP contribution in [0.25, 0.3) is 0 Å². The van der Waals surface area contributed by atoms with Gasteiger partial charge in [-0.05, 0) is 37.5 Å². The average molecular weight is 321 g/mol. The van der Waals surface area contributed by atoms with Gasteiger partial charge in [0.05, 0.1) is 22.8 Å². The Morgan fingerprint density at radius 1 is 1.24 bits per heavy atom. The minimum Gasteiger partial charge on any atom is -0.375 e. The van der Waals surface area contributed by atoms with Crippen molar-refractivity contribution in [2.75, 3.05) is 25.0 Å². The predicted octanol–water partition coefficient (Wildman–Crippen LogP) is 3.78. The SMILES string of the molecule is O=C(CNc1cc(C(F)(F)F)ccc1Cl)N1CCCCC1. The summed E-state index contributed by atoms with van der Waals surface area (Å²) in [6.45, 7) is 1.36. The highest BCUT2D eigenvalue weighted by atomic mass is 35.5. The summed E-state index contributed by atoms with van der Waals surface area (Å²) in [5.41, 5.74) is -0.670. The van der Waals surface area contributed by atoms with Crippen LogP contribution in [0.5, 0.6) is 0 Å². The highest BCUT2D eigenvalue weighted by molar-refractivity contribution is 6.33. The molecule has 0 radical (unpaired) electrons. The van der Waals surface area contributed by atoms with Crippen molar-refractivity contribution >= 4 is 23.2 Å². The molecule has 0 spiro atoms. The molecule has 116 valence electrons. The van der Waals surface area contributed by atoms with Crippen molar-refractivity contribution in [3.63, 3.8) is 0 Å². The van der Waals surface area contributed by atoms with Crippen LogP contribution in [0.2, 0.25) is 5.02 Å². The molecule has 0 saturated carbocycles. The molecule has 0 atom stereocenters. The van der Waals surface area contributed by atoms with Crippen LogP contribution in [0, 0.1) is 0 Å². The molecule has 0 unspecified atom stereocenters. The number of amides is 1. The second-order valence-electron chi connectivity index (χ2n) is 4.99. The van der Waals surface area contributed by atoms with Crippen molar-refractivity contribution in [1.82, 2.24) is 4.90 Å². The first-order valence-corrected chi connectivity index (χ1v) is 7.14. The molecular weight excluding hydrogens is 305 g/mol. The average Bonchev–Trinajstić information content (AvgIpc) is 2.45. The number of halogens is 4. The highest BCUT2D eigenvalue weighted by Crippen LogP contribution is 2.33. The van der Waals surface area contributed by atoms with Crippen molar-refractivity contribution in [2.24, 2.45) is 0 Å². The molecule has 1 heterocycles. The van der Waals surface area contributed by atoms with Gasteiger partial charge in [0.15, 0.2) is 0 Å². The summed E-state index contributed by atoms with van der Waals surface area (Å²) >= 11 is 5.86. The molecule has 0 bridgehead atoms. The fourth-order valence-electron chi connectivity index (χ4n) is 2.26. The van der Waals surface area contributed by atoms with Crippen LogP contribution < -0.4 is 5.32 Å². The number of nitrogens with one attached hydrogen (secondary N) is 1. The Morgan fingerprint density at radius 2 is 1.90 bits per heavy atom. The number of carbonyl (C=O) groups excluding carboxylic acids is 1. The first-order chi connectivity index (χ1) is 9.88. The number of hydrogen-bond donors (Lipinski definition) is 1. The maximum Gasteiger partial charge on any atom is 0.416 e. The van der Waals surface area contributed by atoms with Gasteiger partial charge in [0.25, 0.3) is 0 Å². The van der Waals surface area contributed by atoms with Crippen molar-refractivity contribution in [3.8, 4) is 0 Å².